The van der Waals surface area contributed by atoms with Gasteiger partial charge in [-0.1, -0.05) is 0 Å². The molecule has 24 heavy (non-hydrogen) atoms. The number of methoxy groups -OCH3 is 1. The quantitative estimate of drug-likeness (QED) is 0.834. The average Bonchev–Trinajstić information content (AvgIpc) is 2.55. The van der Waals surface area contributed by atoms with E-state index in [0.717, 1.165) is 0 Å². The van der Waals surface area contributed by atoms with E-state index in [1.807, 2.05) is 13.8 Å². The van der Waals surface area contributed by atoms with Crippen LogP contribution < -0.4 is 9.47 Å². The number of aliphatic hydroxyl groups excluding tert-OH is 1. The number of benzene rings is 1. The van der Waals surface area contributed by atoms with Crippen molar-refractivity contribution in [2.75, 3.05) is 20.2 Å². The number of carbonyl (C=O) groups excluding carboxylic acids is 2. The van der Waals surface area contributed by atoms with Gasteiger partial charge >= 0.3 is 0 Å². The zero-order chi connectivity index (χ0) is 18.1. The van der Waals surface area contributed by atoms with E-state index in [-0.39, 0.29) is 17.0 Å². The molecule has 0 saturated heterocycles. The Morgan fingerprint density at radius 2 is 2.08 bits per heavy atom. The highest BCUT2D eigenvalue weighted by molar-refractivity contribution is 6.04. The highest BCUT2D eigenvalue weighted by atomic mass is 16.5. The number of ether oxygens (including phenoxy) is 2. The Bertz CT molecular complexity index is 649. The summed E-state index contributed by atoms with van der Waals surface area (Å²) < 4.78 is 11.3. The number of rotatable bonds is 5. The number of aldehydes is 1. The van der Waals surface area contributed by atoms with Crippen LogP contribution in [0.3, 0.4) is 0 Å². The lowest BCUT2D eigenvalue weighted by molar-refractivity contribution is -0.0420. The smallest absolute Gasteiger partial charge is 0.254 e. The summed E-state index contributed by atoms with van der Waals surface area (Å²) in [5.41, 5.74) is 0.230. The molecule has 0 aromatic heterocycles. The van der Waals surface area contributed by atoms with Crippen molar-refractivity contribution in [3.05, 3.63) is 22.8 Å². The van der Waals surface area contributed by atoms with E-state index in [4.69, 9.17) is 9.47 Å². The number of hydrogen-bond donors (Lipinski definition) is 1. The van der Waals surface area contributed by atoms with E-state index in [9.17, 15) is 14.7 Å². The van der Waals surface area contributed by atoms with Gasteiger partial charge in [0.25, 0.3) is 5.91 Å². The molecule has 1 N–H and O–H groups in total. The molecule has 0 spiro atoms. The molecule has 0 saturated carbocycles. The van der Waals surface area contributed by atoms with E-state index in [1.54, 1.807) is 24.8 Å². The molecule has 1 aliphatic heterocycles. The number of aliphatic hydroxyl groups is 1. The third-order valence-electron chi connectivity index (χ3n) is 4.57. The Morgan fingerprint density at radius 3 is 2.58 bits per heavy atom. The molecular formula is C18H25NO5. The van der Waals surface area contributed by atoms with Crippen LogP contribution in [0.4, 0.5) is 0 Å². The lowest BCUT2D eigenvalue weighted by Crippen LogP contribution is -2.47. The van der Waals surface area contributed by atoms with Gasteiger partial charge in [-0.25, -0.2) is 0 Å². The minimum Gasteiger partial charge on any atom is -0.496 e. The van der Waals surface area contributed by atoms with Crippen molar-refractivity contribution >= 4 is 12.2 Å². The van der Waals surface area contributed by atoms with Gasteiger partial charge in [-0.05, 0) is 33.8 Å². The van der Waals surface area contributed by atoms with E-state index < -0.39 is 11.7 Å². The van der Waals surface area contributed by atoms with Crippen molar-refractivity contribution in [2.24, 2.45) is 0 Å². The Labute approximate surface area is 142 Å². The van der Waals surface area contributed by atoms with Crippen LogP contribution in [0, 0.1) is 0 Å². The first-order chi connectivity index (χ1) is 11.3. The second-order valence-corrected chi connectivity index (χ2v) is 6.37. The summed E-state index contributed by atoms with van der Waals surface area (Å²) in [6.07, 6.45) is 0.206. The van der Waals surface area contributed by atoms with E-state index >= 15 is 0 Å². The maximum absolute atomic E-state index is 12.8. The molecule has 0 fully saturated rings. The maximum Gasteiger partial charge on any atom is 0.254 e. The van der Waals surface area contributed by atoms with Gasteiger partial charge in [0.15, 0.2) is 6.29 Å². The number of carbonyl (C=O) groups is 2. The molecule has 6 heteroatoms. The second-order valence-electron chi connectivity index (χ2n) is 6.37. The fourth-order valence-electron chi connectivity index (χ4n) is 2.93. The summed E-state index contributed by atoms with van der Waals surface area (Å²) in [4.78, 5) is 26.1. The predicted molar refractivity (Wildman–Crippen MR) is 90.1 cm³/mol. The third kappa shape index (κ3) is 2.98. The molecule has 1 amide bonds. The standard InChI is InChI=1S/C18H25NO5/c1-6-19(7-2)17(22)11-8-14(23-5)12-9-15(21)18(3,4)24-16(12)13(11)10-20/h8,10,15,21H,6-7,9H2,1-5H3. The topological polar surface area (TPSA) is 76.1 Å². The number of nitrogens with zero attached hydrogens (tertiary/aromatic N) is 1. The van der Waals surface area contributed by atoms with Crippen molar-refractivity contribution in [1.82, 2.24) is 4.90 Å². The summed E-state index contributed by atoms with van der Waals surface area (Å²) in [5, 5.41) is 10.3. The monoisotopic (exact) mass is 335 g/mol. The van der Waals surface area contributed by atoms with Crippen LogP contribution in [0.2, 0.25) is 0 Å². The predicted octanol–water partition coefficient (Wildman–Crippen LogP) is 2.06. The van der Waals surface area contributed by atoms with Gasteiger partial charge < -0.3 is 19.5 Å². The zero-order valence-electron chi connectivity index (χ0n) is 14.9. The summed E-state index contributed by atoms with van der Waals surface area (Å²) in [6, 6.07) is 1.57. The van der Waals surface area contributed by atoms with E-state index in [2.05, 4.69) is 0 Å². The highest BCUT2D eigenvalue weighted by Gasteiger charge is 2.39. The molecule has 6 nitrogen and oxygen atoms in total. The van der Waals surface area contributed by atoms with Crippen molar-refractivity contribution in [2.45, 2.75) is 45.8 Å². The van der Waals surface area contributed by atoms with Crippen LogP contribution in [-0.4, -0.2) is 54.1 Å². The summed E-state index contributed by atoms with van der Waals surface area (Å²) in [6.45, 7) is 8.35. The molecule has 1 aliphatic rings. The SMILES string of the molecule is CCN(CC)C(=O)c1cc(OC)c2c(c1C=O)OC(C)(C)C(O)C2. The normalized spacial score (nSPS) is 18.3. The molecule has 1 aromatic rings. The first-order valence-electron chi connectivity index (χ1n) is 8.16. The first kappa shape index (κ1) is 18.3. The van der Waals surface area contributed by atoms with Crippen LogP contribution in [0.5, 0.6) is 11.5 Å². The number of hydrogen-bond acceptors (Lipinski definition) is 5. The summed E-state index contributed by atoms with van der Waals surface area (Å²) in [5.74, 6) is 0.534. The van der Waals surface area contributed by atoms with Crippen LogP contribution in [0.1, 0.15) is 54.0 Å². The number of fused-ring (bicyclic) bond motifs is 1. The Balaban J connectivity index is 2.68. The Hall–Kier alpha value is -2.08. The van der Waals surface area contributed by atoms with Crippen LogP contribution >= 0.6 is 0 Å². The molecule has 0 radical (unpaired) electrons. The fourth-order valence-corrected chi connectivity index (χ4v) is 2.93. The highest BCUT2D eigenvalue weighted by Crippen LogP contribution is 2.42. The van der Waals surface area contributed by atoms with Crippen LogP contribution in [0.15, 0.2) is 6.07 Å². The van der Waals surface area contributed by atoms with E-state index in [1.165, 1.54) is 7.11 Å². The van der Waals surface area contributed by atoms with Gasteiger partial charge in [0, 0.05) is 25.1 Å². The molecule has 0 aliphatic carbocycles. The van der Waals surface area contributed by atoms with Gasteiger partial charge in [-0.15, -0.1) is 0 Å². The minimum atomic E-state index is -0.855. The molecular weight excluding hydrogens is 310 g/mol. The maximum atomic E-state index is 12.8. The van der Waals surface area contributed by atoms with Gasteiger partial charge in [0.2, 0.25) is 0 Å². The molecule has 0 bridgehead atoms. The zero-order valence-corrected chi connectivity index (χ0v) is 14.9. The largest absolute Gasteiger partial charge is 0.496 e. The lowest BCUT2D eigenvalue weighted by Gasteiger charge is -2.38. The third-order valence-corrected chi connectivity index (χ3v) is 4.57. The van der Waals surface area contributed by atoms with Crippen molar-refractivity contribution in [3.63, 3.8) is 0 Å². The van der Waals surface area contributed by atoms with Gasteiger partial charge in [0.1, 0.15) is 17.1 Å². The molecule has 132 valence electrons. The first-order valence-corrected chi connectivity index (χ1v) is 8.16. The van der Waals surface area contributed by atoms with Crippen LogP contribution in [0.25, 0.3) is 0 Å². The molecule has 2 rings (SSSR count). The van der Waals surface area contributed by atoms with Crippen molar-refractivity contribution in [1.29, 1.82) is 0 Å². The van der Waals surface area contributed by atoms with Gasteiger partial charge in [-0.2, -0.15) is 0 Å². The van der Waals surface area contributed by atoms with E-state index in [0.29, 0.717) is 42.9 Å². The fraction of sp³-hybridized carbons (Fsp3) is 0.556. The molecule has 1 heterocycles. The summed E-state index contributed by atoms with van der Waals surface area (Å²) >= 11 is 0. The molecule has 1 unspecified atom stereocenters. The molecule has 1 atom stereocenters. The Morgan fingerprint density at radius 1 is 1.46 bits per heavy atom. The summed E-state index contributed by atoms with van der Waals surface area (Å²) in [7, 11) is 1.49. The lowest BCUT2D eigenvalue weighted by atomic mass is 9.88. The van der Waals surface area contributed by atoms with Crippen molar-refractivity contribution in [3.8, 4) is 11.5 Å². The molecule has 1 aromatic carbocycles. The van der Waals surface area contributed by atoms with Crippen LogP contribution in [-0.2, 0) is 6.42 Å². The average molecular weight is 335 g/mol. The minimum absolute atomic E-state index is 0.211. The van der Waals surface area contributed by atoms with Crippen molar-refractivity contribution < 1.29 is 24.2 Å². The van der Waals surface area contributed by atoms with Gasteiger partial charge in [-0.3, -0.25) is 9.59 Å². The van der Waals surface area contributed by atoms with Gasteiger partial charge in [0.05, 0.1) is 24.3 Å². The number of amides is 1. The second kappa shape index (κ2) is 6.81. The Kier molecular flexibility index (Phi) is 5.18.